The largest absolute Gasteiger partial charge is 0.383 e. The van der Waals surface area contributed by atoms with Gasteiger partial charge in [-0.15, -0.1) is 0 Å². The van der Waals surface area contributed by atoms with Crippen LogP contribution in [0, 0.1) is 0 Å². The van der Waals surface area contributed by atoms with E-state index in [4.69, 9.17) is 4.74 Å². The number of amides is 2. The van der Waals surface area contributed by atoms with E-state index in [0.717, 1.165) is 11.4 Å². The van der Waals surface area contributed by atoms with Gasteiger partial charge in [-0.1, -0.05) is 0 Å². The van der Waals surface area contributed by atoms with E-state index in [1.807, 2.05) is 12.1 Å². The Hall–Kier alpha value is -2.48. The first-order valence-corrected chi connectivity index (χ1v) is 7.00. The van der Waals surface area contributed by atoms with E-state index in [2.05, 4.69) is 25.5 Å². The smallest absolute Gasteiger partial charge is 0.317 e. The number of carbonyl (C=O) groups is 1. The van der Waals surface area contributed by atoms with Crippen LogP contribution in [-0.2, 0) is 11.2 Å². The zero-order chi connectivity index (χ0) is 15.8. The number of hydrogen-bond donors (Lipinski definition) is 2. The predicted octanol–water partition coefficient (Wildman–Crippen LogP) is 0.697. The van der Waals surface area contributed by atoms with Crippen LogP contribution in [0.3, 0.4) is 0 Å². The molecule has 0 atom stereocenters. The van der Waals surface area contributed by atoms with Crippen LogP contribution < -0.4 is 5.32 Å². The van der Waals surface area contributed by atoms with Crippen molar-refractivity contribution in [3.63, 3.8) is 0 Å². The minimum Gasteiger partial charge on any atom is -0.383 e. The lowest BCUT2D eigenvalue weighted by Gasteiger charge is -2.16. The number of nitrogens with zero attached hydrogens (tertiary/aromatic N) is 4. The molecule has 8 nitrogen and oxygen atoms in total. The lowest BCUT2D eigenvalue weighted by Crippen LogP contribution is -2.39. The summed E-state index contributed by atoms with van der Waals surface area (Å²) >= 11 is 0. The van der Waals surface area contributed by atoms with Gasteiger partial charge in [0.1, 0.15) is 5.82 Å². The quantitative estimate of drug-likeness (QED) is 0.785. The number of aromatic nitrogens is 4. The fraction of sp³-hybridized carbons (Fsp3) is 0.429. The molecular weight excluding hydrogens is 284 g/mol. The maximum Gasteiger partial charge on any atom is 0.317 e. The first-order valence-electron chi connectivity index (χ1n) is 7.00. The molecule has 0 aliphatic heterocycles. The summed E-state index contributed by atoms with van der Waals surface area (Å²) in [6, 6.07) is 3.59. The van der Waals surface area contributed by atoms with E-state index >= 15 is 0 Å². The highest BCUT2D eigenvalue weighted by Crippen LogP contribution is 2.11. The second-order valence-electron chi connectivity index (χ2n) is 4.74. The number of pyridine rings is 1. The molecule has 8 heteroatoms. The van der Waals surface area contributed by atoms with Crippen LogP contribution >= 0.6 is 0 Å². The number of methoxy groups -OCH3 is 1. The van der Waals surface area contributed by atoms with Gasteiger partial charge in [0.2, 0.25) is 0 Å². The van der Waals surface area contributed by atoms with E-state index in [-0.39, 0.29) is 6.03 Å². The summed E-state index contributed by atoms with van der Waals surface area (Å²) in [6.07, 6.45) is 3.99. The molecule has 0 spiro atoms. The maximum absolute atomic E-state index is 11.8. The molecule has 2 heterocycles. The first kappa shape index (κ1) is 15.9. The Balaban J connectivity index is 1.78. The van der Waals surface area contributed by atoms with E-state index < -0.39 is 0 Å². The maximum atomic E-state index is 11.8. The van der Waals surface area contributed by atoms with Gasteiger partial charge in [0.25, 0.3) is 0 Å². The molecule has 2 aromatic rings. The highest BCUT2D eigenvalue weighted by atomic mass is 16.5. The van der Waals surface area contributed by atoms with Gasteiger partial charge in [-0.2, -0.15) is 5.10 Å². The zero-order valence-electron chi connectivity index (χ0n) is 12.7. The van der Waals surface area contributed by atoms with Crippen LogP contribution in [0.4, 0.5) is 4.79 Å². The molecule has 118 valence electrons. The third kappa shape index (κ3) is 4.52. The number of carbonyl (C=O) groups excluding carboxylic acids is 1. The number of rotatable bonds is 7. The third-order valence-electron chi connectivity index (χ3n) is 3.07. The van der Waals surface area contributed by atoms with Crippen molar-refractivity contribution in [2.45, 2.75) is 6.42 Å². The van der Waals surface area contributed by atoms with Crippen LogP contribution in [0.1, 0.15) is 5.82 Å². The molecule has 2 amide bonds. The predicted molar refractivity (Wildman–Crippen MR) is 81.2 cm³/mol. The standard InChI is InChI=1S/C14H20N6O2/c1-20(8-9-22-2)14(21)16-7-5-12-17-13(19-18-12)11-4-3-6-15-10-11/h3-4,6,10H,5,7-9H2,1-2H3,(H,16,21)(H,17,18,19). The Morgan fingerprint density at radius 2 is 2.36 bits per heavy atom. The number of aromatic amines is 1. The zero-order valence-corrected chi connectivity index (χ0v) is 12.7. The number of nitrogens with one attached hydrogen (secondary N) is 2. The van der Waals surface area contributed by atoms with Gasteiger partial charge in [-0.25, -0.2) is 9.78 Å². The molecule has 0 unspecified atom stereocenters. The summed E-state index contributed by atoms with van der Waals surface area (Å²) in [6.45, 7) is 1.55. The molecule has 0 saturated carbocycles. The Morgan fingerprint density at radius 3 is 3.09 bits per heavy atom. The van der Waals surface area contributed by atoms with Gasteiger partial charge in [0, 0.05) is 51.6 Å². The first-order chi connectivity index (χ1) is 10.7. The molecule has 0 saturated heterocycles. The average Bonchev–Trinajstić information content (AvgIpc) is 3.02. The van der Waals surface area contributed by atoms with E-state index in [0.29, 0.717) is 31.9 Å². The summed E-state index contributed by atoms with van der Waals surface area (Å²) < 4.78 is 4.93. The van der Waals surface area contributed by atoms with Gasteiger partial charge in [-0.3, -0.25) is 10.1 Å². The molecule has 0 aliphatic rings. The van der Waals surface area contributed by atoms with Crippen molar-refractivity contribution in [3.8, 4) is 11.4 Å². The molecule has 2 rings (SSSR count). The van der Waals surface area contributed by atoms with Crippen molar-refractivity contribution >= 4 is 6.03 Å². The minimum absolute atomic E-state index is 0.135. The van der Waals surface area contributed by atoms with Crippen molar-refractivity contribution in [3.05, 3.63) is 30.4 Å². The van der Waals surface area contributed by atoms with Crippen LogP contribution in [-0.4, -0.2) is 65.0 Å². The molecular formula is C14H20N6O2. The lowest BCUT2D eigenvalue weighted by molar-refractivity contribution is 0.159. The summed E-state index contributed by atoms with van der Waals surface area (Å²) in [5.41, 5.74) is 0.855. The number of urea groups is 1. The summed E-state index contributed by atoms with van der Waals surface area (Å²) in [7, 11) is 3.33. The summed E-state index contributed by atoms with van der Waals surface area (Å²) in [4.78, 5) is 21.8. The van der Waals surface area contributed by atoms with E-state index in [1.165, 1.54) is 0 Å². The Kier molecular flexibility index (Phi) is 5.84. The van der Waals surface area contributed by atoms with Crippen molar-refractivity contribution in [1.29, 1.82) is 0 Å². The Morgan fingerprint density at radius 1 is 1.50 bits per heavy atom. The minimum atomic E-state index is -0.135. The van der Waals surface area contributed by atoms with Crippen LogP contribution in [0.2, 0.25) is 0 Å². The fourth-order valence-corrected chi connectivity index (χ4v) is 1.78. The van der Waals surface area contributed by atoms with Gasteiger partial charge < -0.3 is 15.0 Å². The van der Waals surface area contributed by atoms with Crippen LogP contribution in [0.5, 0.6) is 0 Å². The van der Waals surface area contributed by atoms with Gasteiger partial charge in [-0.05, 0) is 12.1 Å². The molecule has 22 heavy (non-hydrogen) atoms. The number of H-pyrrole nitrogens is 1. The lowest BCUT2D eigenvalue weighted by atomic mass is 10.3. The topological polar surface area (TPSA) is 96.0 Å². The van der Waals surface area contributed by atoms with Crippen molar-refractivity contribution < 1.29 is 9.53 Å². The summed E-state index contributed by atoms with van der Waals surface area (Å²) in [5.74, 6) is 1.32. The second-order valence-corrected chi connectivity index (χ2v) is 4.74. The molecule has 2 aromatic heterocycles. The van der Waals surface area contributed by atoms with Crippen LogP contribution in [0.15, 0.2) is 24.5 Å². The fourth-order valence-electron chi connectivity index (χ4n) is 1.78. The Labute approximate surface area is 128 Å². The SMILES string of the molecule is COCCN(C)C(=O)NCCc1nc(-c2cccnc2)n[nH]1. The Bertz CT molecular complexity index is 586. The molecule has 0 aliphatic carbocycles. The van der Waals surface area contributed by atoms with Gasteiger partial charge >= 0.3 is 6.03 Å². The van der Waals surface area contributed by atoms with Crippen molar-refractivity contribution in [1.82, 2.24) is 30.4 Å². The van der Waals surface area contributed by atoms with Crippen molar-refractivity contribution in [2.75, 3.05) is 33.9 Å². The molecule has 0 aromatic carbocycles. The third-order valence-corrected chi connectivity index (χ3v) is 3.07. The van der Waals surface area contributed by atoms with Crippen molar-refractivity contribution in [2.24, 2.45) is 0 Å². The monoisotopic (exact) mass is 304 g/mol. The van der Waals surface area contributed by atoms with E-state index in [9.17, 15) is 4.79 Å². The highest BCUT2D eigenvalue weighted by Gasteiger charge is 2.09. The molecule has 0 bridgehead atoms. The van der Waals surface area contributed by atoms with Gasteiger partial charge in [0.05, 0.1) is 6.61 Å². The average molecular weight is 304 g/mol. The highest BCUT2D eigenvalue weighted by molar-refractivity contribution is 5.73. The molecule has 0 radical (unpaired) electrons. The molecule has 2 N–H and O–H groups in total. The molecule has 0 fully saturated rings. The van der Waals surface area contributed by atoms with E-state index in [1.54, 1.807) is 31.5 Å². The summed E-state index contributed by atoms with van der Waals surface area (Å²) in [5, 5.41) is 9.83. The normalized spacial score (nSPS) is 10.5. The number of hydrogen-bond acceptors (Lipinski definition) is 5. The second kappa shape index (κ2) is 8.08. The van der Waals surface area contributed by atoms with Crippen LogP contribution in [0.25, 0.3) is 11.4 Å². The number of ether oxygens (including phenoxy) is 1. The van der Waals surface area contributed by atoms with Gasteiger partial charge in [0.15, 0.2) is 5.82 Å². The number of likely N-dealkylation sites (N-methyl/N-ethyl adjacent to an activating group) is 1.